The van der Waals surface area contributed by atoms with E-state index in [2.05, 4.69) is 30.6 Å². The molecule has 2 N–H and O–H groups in total. The number of aromatic nitrogens is 7. The summed E-state index contributed by atoms with van der Waals surface area (Å²) in [5, 5.41) is 13.5. The van der Waals surface area contributed by atoms with E-state index in [9.17, 15) is 22.8 Å². The molecular weight excluding hydrogens is 627 g/mol. The van der Waals surface area contributed by atoms with E-state index in [4.69, 9.17) is 4.74 Å². The van der Waals surface area contributed by atoms with Gasteiger partial charge in [-0.05, 0) is 60.4 Å². The highest BCUT2D eigenvalue weighted by atomic mass is 19.4. The number of alkyl halides is 3. The SMILES string of the molecule is COc1cc(C(=O)Nc2cn[nH]c2)c2nc(C)cc(N3CCc4c(cc(Cn5ccnc5)cc4-c4cn(C)nc4C(F)(F)F)C3=O)c2c1. The highest BCUT2D eigenvalue weighted by Gasteiger charge is 2.39. The number of amides is 2. The summed E-state index contributed by atoms with van der Waals surface area (Å²) in [6, 6.07) is 8.44. The van der Waals surface area contributed by atoms with Crippen LogP contribution >= 0.6 is 0 Å². The number of rotatable bonds is 7. The van der Waals surface area contributed by atoms with Gasteiger partial charge in [0.05, 0.1) is 42.1 Å². The Bertz CT molecular complexity index is 2190. The molecule has 6 aromatic rings. The summed E-state index contributed by atoms with van der Waals surface area (Å²) in [5.41, 5.74) is 2.64. The Hall–Kier alpha value is -5.99. The molecule has 4 aromatic heterocycles. The van der Waals surface area contributed by atoms with Crippen LogP contribution in [-0.2, 0) is 26.2 Å². The van der Waals surface area contributed by atoms with Crippen molar-refractivity contribution in [1.29, 1.82) is 0 Å². The van der Waals surface area contributed by atoms with Crippen molar-refractivity contribution < 1.29 is 27.5 Å². The molecule has 12 nitrogen and oxygen atoms in total. The molecule has 0 saturated carbocycles. The van der Waals surface area contributed by atoms with Gasteiger partial charge in [-0.15, -0.1) is 0 Å². The summed E-state index contributed by atoms with van der Waals surface area (Å²) in [5.74, 6) is -0.482. The minimum atomic E-state index is -4.71. The van der Waals surface area contributed by atoms with Crippen LogP contribution in [-0.4, -0.2) is 60.0 Å². The quantitative estimate of drug-likeness (QED) is 0.235. The fraction of sp³-hybridized carbons (Fsp3) is 0.212. The first-order chi connectivity index (χ1) is 23.0. The summed E-state index contributed by atoms with van der Waals surface area (Å²) in [4.78, 5) is 38.3. The molecule has 0 saturated heterocycles. The smallest absolute Gasteiger partial charge is 0.435 e. The van der Waals surface area contributed by atoms with Crippen LogP contribution in [0.3, 0.4) is 0 Å². The van der Waals surface area contributed by atoms with Crippen molar-refractivity contribution in [3.8, 4) is 16.9 Å². The number of pyridine rings is 1. The van der Waals surface area contributed by atoms with E-state index in [1.165, 1.54) is 32.7 Å². The Morgan fingerprint density at radius 2 is 1.94 bits per heavy atom. The minimum absolute atomic E-state index is 0.0989. The van der Waals surface area contributed by atoms with Gasteiger partial charge < -0.3 is 19.5 Å². The lowest BCUT2D eigenvalue weighted by atomic mass is 9.87. The third kappa shape index (κ3) is 5.52. The van der Waals surface area contributed by atoms with Crippen molar-refractivity contribution in [1.82, 2.24) is 34.5 Å². The first-order valence-corrected chi connectivity index (χ1v) is 14.8. The molecule has 244 valence electrons. The monoisotopic (exact) mass is 655 g/mol. The number of benzene rings is 2. The van der Waals surface area contributed by atoms with E-state index in [-0.39, 0.29) is 36.2 Å². The van der Waals surface area contributed by atoms with Crippen LogP contribution < -0.4 is 15.0 Å². The number of carbonyl (C=O) groups is 2. The molecule has 0 spiro atoms. The third-order valence-electron chi connectivity index (χ3n) is 8.20. The highest BCUT2D eigenvalue weighted by Crippen LogP contribution is 2.41. The Labute approximate surface area is 271 Å². The number of hydrogen-bond donors (Lipinski definition) is 2. The van der Waals surface area contributed by atoms with Crippen molar-refractivity contribution >= 4 is 34.1 Å². The molecular formula is C33H28F3N9O3. The maximum atomic E-state index is 14.5. The maximum absolute atomic E-state index is 14.5. The van der Waals surface area contributed by atoms with E-state index in [1.807, 2.05) is 0 Å². The second-order valence-corrected chi connectivity index (χ2v) is 11.5. The zero-order valence-electron chi connectivity index (χ0n) is 26.0. The maximum Gasteiger partial charge on any atom is 0.435 e. The van der Waals surface area contributed by atoms with Crippen LogP contribution in [0.25, 0.3) is 22.0 Å². The number of ether oxygens (including phenoxy) is 1. The molecule has 2 aromatic carbocycles. The number of nitrogens with one attached hydrogen (secondary N) is 2. The second kappa shape index (κ2) is 11.7. The van der Waals surface area contributed by atoms with E-state index < -0.39 is 23.7 Å². The molecule has 0 fully saturated rings. The average molecular weight is 656 g/mol. The number of fused-ring (bicyclic) bond motifs is 2. The van der Waals surface area contributed by atoms with Gasteiger partial charge in [0.15, 0.2) is 5.69 Å². The molecule has 0 aliphatic carbocycles. The number of hydrogen-bond acceptors (Lipinski definition) is 7. The molecule has 0 radical (unpaired) electrons. The number of imidazole rings is 1. The van der Waals surface area contributed by atoms with Crippen molar-refractivity contribution in [2.75, 3.05) is 23.9 Å². The standard InChI is InChI=1S/C33H28F3N9O3/c1-18-8-28(25-11-21(48-3)12-26(29(25)40-18)31(46)41-20-13-38-39-14-20)45-6-4-22-23(27-16-43(2)42-30(27)33(34,35)36)9-19(10-24(22)32(45)47)15-44-7-5-37-17-44/h5,7-14,16-17H,4,6,15H2,1-3H3,(H,38,39)(H,41,46). The fourth-order valence-corrected chi connectivity index (χ4v) is 6.15. The largest absolute Gasteiger partial charge is 0.497 e. The first-order valence-electron chi connectivity index (χ1n) is 14.8. The number of methoxy groups -OCH3 is 1. The van der Waals surface area contributed by atoms with Crippen molar-refractivity contribution in [3.63, 3.8) is 0 Å². The van der Waals surface area contributed by atoms with Crippen LogP contribution in [0.2, 0.25) is 0 Å². The van der Waals surface area contributed by atoms with Gasteiger partial charge in [0.2, 0.25) is 0 Å². The Balaban J connectivity index is 1.38. The Kier molecular flexibility index (Phi) is 7.45. The van der Waals surface area contributed by atoms with Gasteiger partial charge in [-0.25, -0.2) is 4.98 Å². The van der Waals surface area contributed by atoms with Gasteiger partial charge in [0.1, 0.15) is 5.75 Å². The number of carbonyl (C=O) groups excluding carboxylic acids is 2. The average Bonchev–Trinajstić information content (AvgIpc) is 3.83. The highest BCUT2D eigenvalue weighted by molar-refractivity contribution is 6.17. The van der Waals surface area contributed by atoms with Crippen LogP contribution in [0.15, 0.2) is 67.6 Å². The zero-order chi connectivity index (χ0) is 33.7. The summed E-state index contributed by atoms with van der Waals surface area (Å²) in [7, 11) is 2.90. The van der Waals surface area contributed by atoms with E-state index in [1.54, 1.807) is 65.4 Å². The molecule has 7 rings (SSSR count). The van der Waals surface area contributed by atoms with E-state index in [0.29, 0.717) is 50.4 Å². The number of halogens is 3. The van der Waals surface area contributed by atoms with Crippen LogP contribution in [0.4, 0.5) is 24.5 Å². The van der Waals surface area contributed by atoms with E-state index in [0.717, 1.165) is 4.68 Å². The van der Waals surface area contributed by atoms with Gasteiger partial charge in [-0.1, -0.05) is 0 Å². The van der Waals surface area contributed by atoms with Crippen LogP contribution in [0, 0.1) is 6.92 Å². The summed E-state index contributed by atoms with van der Waals surface area (Å²) >= 11 is 0. The first kappa shape index (κ1) is 30.7. The summed E-state index contributed by atoms with van der Waals surface area (Å²) in [6.45, 7) is 2.20. The zero-order valence-corrected chi connectivity index (χ0v) is 26.0. The van der Waals surface area contributed by atoms with Gasteiger partial charge >= 0.3 is 6.18 Å². The Morgan fingerprint density at radius 3 is 2.65 bits per heavy atom. The van der Waals surface area contributed by atoms with Crippen molar-refractivity contribution in [3.05, 3.63) is 101 Å². The topological polar surface area (TPSA) is 136 Å². The third-order valence-corrected chi connectivity index (χ3v) is 8.20. The molecule has 5 heterocycles. The van der Waals surface area contributed by atoms with Crippen LogP contribution in [0.5, 0.6) is 5.75 Å². The van der Waals surface area contributed by atoms with Gasteiger partial charge in [-0.3, -0.25) is 24.4 Å². The number of aryl methyl sites for hydroxylation is 2. The van der Waals surface area contributed by atoms with Gasteiger partial charge in [0, 0.05) is 67.1 Å². The molecule has 1 aliphatic rings. The van der Waals surface area contributed by atoms with Crippen LogP contribution in [0.1, 0.15) is 43.2 Å². The molecule has 0 unspecified atom stereocenters. The lowest BCUT2D eigenvalue weighted by Crippen LogP contribution is -2.38. The molecule has 48 heavy (non-hydrogen) atoms. The fourth-order valence-electron chi connectivity index (χ4n) is 6.15. The summed E-state index contributed by atoms with van der Waals surface area (Å²) in [6.07, 6.45) is 4.81. The van der Waals surface area contributed by atoms with Gasteiger partial charge in [-0.2, -0.15) is 23.4 Å². The van der Waals surface area contributed by atoms with Crippen molar-refractivity contribution in [2.45, 2.75) is 26.1 Å². The lowest BCUT2D eigenvalue weighted by Gasteiger charge is -2.31. The van der Waals surface area contributed by atoms with Crippen molar-refractivity contribution in [2.24, 2.45) is 7.05 Å². The number of anilines is 2. The van der Waals surface area contributed by atoms with E-state index >= 15 is 0 Å². The lowest BCUT2D eigenvalue weighted by molar-refractivity contribution is -0.141. The second-order valence-electron chi connectivity index (χ2n) is 11.5. The minimum Gasteiger partial charge on any atom is -0.497 e. The predicted octanol–water partition coefficient (Wildman–Crippen LogP) is 5.39. The van der Waals surface area contributed by atoms with Gasteiger partial charge in [0.25, 0.3) is 11.8 Å². The predicted molar refractivity (Wildman–Crippen MR) is 170 cm³/mol. The number of nitrogens with zero attached hydrogens (tertiary/aromatic N) is 7. The molecule has 1 aliphatic heterocycles. The Morgan fingerprint density at radius 1 is 1.12 bits per heavy atom. The summed E-state index contributed by atoms with van der Waals surface area (Å²) < 4.78 is 51.0. The normalized spacial score (nSPS) is 13.2. The number of aromatic amines is 1. The molecule has 0 atom stereocenters. The molecule has 15 heteroatoms. The molecule has 2 amide bonds. The molecule has 0 bridgehead atoms. The number of H-pyrrole nitrogens is 1.